The van der Waals surface area contributed by atoms with Gasteiger partial charge in [0.1, 0.15) is 5.82 Å². The Morgan fingerprint density at radius 1 is 0.870 bits per heavy atom. The van der Waals surface area contributed by atoms with E-state index in [4.69, 9.17) is 27.9 Å². The third-order valence-corrected chi connectivity index (χ3v) is 9.75. The third-order valence-electron chi connectivity index (χ3n) is 9.01. The highest BCUT2D eigenvalue weighted by atomic mass is 35.5. The largest absolute Gasteiger partial charge is 0.436 e. The maximum atomic E-state index is 13.8. The summed E-state index contributed by atoms with van der Waals surface area (Å²) in [5.74, 6) is -0.582. The van der Waals surface area contributed by atoms with Crippen LogP contribution in [0.5, 0.6) is 0 Å². The van der Waals surface area contributed by atoms with E-state index < -0.39 is 12.2 Å². The molecule has 12 heteroatoms. The van der Waals surface area contributed by atoms with Crippen molar-refractivity contribution in [1.82, 2.24) is 14.7 Å². The highest BCUT2D eigenvalue weighted by Crippen LogP contribution is 2.27. The number of hydrogen-bond acceptors (Lipinski definition) is 5. The van der Waals surface area contributed by atoms with Gasteiger partial charge in [0.05, 0.1) is 10.0 Å². The lowest BCUT2D eigenvalue weighted by Crippen LogP contribution is -2.54. The van der Waals surface area contributed by atoms with Crippen LogP contribution in [0.2, 0.25) is 10.0 Å². The Morgan fingerprint density at radius 2 is 1.59 bits per heavy atom. The van der Waals surface area contributed by atoms with E-state index in [1.165, 1.54) is 12.1 Å². The van der Waals surface area contributed by atoms with E-state index in [1.807, 2.05) is 29.2 Å². The van der Waals surface area contributed by atoms with Crippen molar-refractivity contribution in [2.24, 2.45) is 0 Å². The summed E-state index contributed by atoms with van der Waals surface area (Å²) in [5.41, 5.74) is 3.55. The maximum Gasteiger partial charge on any atom is 0.410 e. The Morgan fingerprint density at radius 3 is 2.30 bits per heavy atom. The molecule has 242 valence electrons. The topological polar surface area (TPSA) is 85.4 Å². The van der Waals surface area contributed by atoms with Crippen molar-refractivity contribution in [2.45, 2.75) is 37.8 Å². The van der Waals surface area contributed by atoms with Crippen molar-refractivity contribution in [1.29, 1.82) is 0 Å². The van der Waals surface area contributed by atoms with Crippen molar-refractivity contribution in [2.75, 3.05) is 56.0 Å². The number of piperazine rings is 1. The van der Waals surface area contributed by atoms with Crippen LogP contribution in [-0.2, 0) is 22.4 Å². The van der Waals surface area contributed by atoms with Gasteiger partial charge in [0, 0.05) is 69.7 Å². The molecule has 1 unspecified atom stereocenters. The number of anilines is 2. The van der Waals surface area contributed by atoms with Crippen LogP contribution in [0.1, 0.15) is 24.0 Å². The van der Waals surface area contributed by atoms with Gasteiger partial charge in [-0.2, -0.15) is 0 Å². The van der Waals surface area contributed by atoms with Gasteiger partial charge in [-0.3, -0.25) is 4.79 Å². The van der Waals surface area contributed by atoms with Gasteiger partial charge in [-0.05, 0) is 72.9 Å². The van der Waals surface area contributed by atoms with Gasteiger partial charge in [0.15, 0.2) is 6.10 Å². The summed E-state index contributed by atoms with van der Waals surface area (Å²) in [6, 6.07) is 19.1. The number of para-hydroxylation sites is 1. The molecule has 2 fully saturated rings. The minimum atomic E-state index is -1.06. The van der Waals surface area contributed by atoms with Crippen molar-refractivity contribution in [3.05, 3.63) is 93.7 Å². The fraction of sp³-hybridized carbons (Fsp3) is 0.382. The van der Waals surface area contributed by atoms with E-state index in [1.54, 1.807) is 40.1 Å². The Hall–Kier alpha value is -4.02. The van der Waals surface area contributed by atoms with Crippen LogP contribution in [0.3, 0.4) is 0 Å². The number of nitrogens with zero attached hydrogens (tertiary/aromatic N) is 4. The molecular formula is C34H36Cl2FN5O4. The SMILES string of the molecule is O=C(OC(Cc1ccc(Cl)c(Cl)c1)C(=O)N1CCN(c2ccc(F)cc2)CC1)N1CCC(N2CCc3ccccc3NC2=O)CC1. The van der Waals surface area contributed by atoms with Crippen LogP contribution < -0.4 is 10.2 Å². The number of fused-ring (bicyclic) bond motifs is 1. The zero-order valence-electron chi connectivity index (χ0n) is 25.3. The molecule has 3 aromatic carbocycles. The van der Waals surface area contributed by atoms with Gasteiger partial charge >= 0.3 is 12.1 Å². The van der Waals surface area contributed by atoms with Crippen LogP contribution >= 0.6 is 23.2 Å². The maximum absolute atomic E-state index is 13.8. The van der Waals surface area contributed by atoms with Crippen molar-refractivity contribution >= 4 is 52.6 Å². The zero-order chi connectivity index (χ0) is 32.2. The molecule has 3 aliphatic rings. The molecule has 3 heterocycles. The summed E-state index contributed by atoms with van der Waals surface area (Å²) in [5, 5.41) is 3.77. The number of amides is 4. The summed E-state index contributed by atoms with van der Waals surface area (Å²) in [7, 11) is 0. The number of hydrogen-bond donors (Lipinski definition) is 1. The molecule has 6 rings (SSSR count). The molecule has 0 radical (unpaired) electrons. The molecule has 1 atom stereocenters. The molecule has 0 saturated carbocycles. The first-order chi connectivity index (χ1) is 22.2. The van der Waals surface area contributed by atoms with Gasteiger partial charge in [-0.1, -0.05) is 47.5 Å². The number of piperidine rings is 1. The molecule has 0 aromatic heterocycles. The number of urea groups is 1. The molecule has 2 saturated heterocycles. The van der Waals surface area contributed by atoms with Crippen LogP contribution in [-0.4, -0.2) is 90.7 Å². The second-order valence-corrected chi connectivity index (χ2v) is 12.7. The first kappa shape index (κ1) is 31.9. The van der Waals surface area contributed by atoms with E-state index in [9.17, 15) is 18.8 Å². The number of halogens is 3. The van der Waals surface area contributed by atoms with Gasteiger partial charge in [0.2, 0.25) is 0 Å². The molecule has 3 aromatic rings. The number of ether oxygens (including phenoxy) is 1. The monoisotopic (exact) mass is 667 g/mol. The Labute approximate surface area is 277 Å². The molecule has 9 nitrogen and oxygen atoms in total. The molecule has 46 heavy (non-hydrogen) atoms. The zero-order valence-corrected chi connectivity index (χ0v) is 26.9. The molecular weight excluding hydrogens is 632 g/mol. The lowest BCUT2D eigenvalue weighted by Gasteiger charge is -2.39. The normalized spacial score (nSPS) is 18.0. The molecule has 0 bridgehead atoms. The summed E-state index contributed by atoms with van der Waals surface area (Å²) in [6.07, 6.45) is 0.494. The lowest BCUT2D eigenvalue weighted by molar-refractivity contribution is -0.141. The van der Waals surface area contributed by atoms with Gasteiger partial charge in [-0.25, -0.2) is 14.0 Å². The third kappa shape index (κ3) is 7.34. The van der Waals surface area contributed by atoms with Crippen molar-refractivity contribution < 1.29 is 23.5 Å². The van der Waals surface area contributed by atoms with Crippen LogP contribution in [0.25, 0.3) is 0 Å². The highest BCUT2D eigenvalue weighted by molar-refractivity contribution is 6.42. The van der Waals surface area contributed by atoms with Crippen LogP contribution in [0.4, 0.5) is 25.4 Å². The fourth-order valence-electron chi connectivity index (χ4n) is 6.40. The number of rotatable bonds is 6. The summed E-state index contributed by atoms with van der Waals surface area (Å²) >= 11 is 12.4. The number of carbonyl (C=O) groups is 3. The highest BCUT2D eigenvalue weighted by Gasteiger charge is 2.35. The van der Waals surface area contributed by atoms with Gasteiger partial charge in [0.25, 0.3) is 5.91 Å². The smallest absolute Gasteiger partial charge is 0.410 e. The lowest BCUT2D eigenvalue weighted by atomic mass is 10.0. The first-order valence-electron chi connectivity index (χ1n) is 15.6. The second-order valence-electron chi connectivity index (χ2n) is 11.9. The number of nitrogens with one attached hydrogen (secondary N) is 1. The minimum absolute atomic E-state index is 0.00981. The average Bonchev–Trinajstić information content (AvgIpc) is 3.24. The van der Waals surface area contributed by atoms with E-state index in [2.05, 4.69) is 10.2 Å². The average molecular weight is 669 g/mol. The summed E-state index contributed by atoms with van der Waals surface area (Å²) in [4.78, 5) is 47.6. The second kappa shape index (κ2) is 14.2. The molecule has 3 aliphatic heterocycles. The summed E-state index contributed by atoms with van der Waals surface area (Å²) in [6.45, 7) is 3.40. The Bertz CT molecular complexity index is 1580. The van der Waals surface area contributed by atoms with E-state index in [-0.39, 0.29) is 30.2 Å². The van der Waals surface area contributed by atoms with Crippen molar-refractivity contribution in [3.8, 4) is 0 Å². The first-order valence-corrected chi connectivity index (χ1v) is 16.3. The number of benzene rings is 3. The standard InChI is InChI=1S/C34H36Cl2FN5O4/c35-28-10-5-23(21-29(28)36)22-31(32(43)40-19-17-39(18-20-40)26-8-6-25(37)7-9-26)46-34(45)41-14-12-27(13-15-41)42-16-11-24-3-1-2-4-30(24)38-33(42)44/h1-10,21,27,31H,11-20,22H2,(H,38,44). The predicted molar refractivity (Wildman–Crippen MR) is 176 cm³/mol. The summed E-state index contributed by atoms with van der Waals surface area (Å²) < 4.78 is 19.3. The van der Waals surface area contributed by atoms with E-state index in [0.717, 1.165) is 28.9 Å². The van der Waals surface area contributed by atoms with Crippen LogP contribution in [0.15, 0.2) is 66.7 Å². The minimum Gasteiger partial charge on any atom is -0.436 e. The van der Waals surface area contributed by atoms with E-state index in [0.29, 0.717) is 68.7 Å². The Balaban J connectivity index is 1.08. The molecule has 0 spiro atoms. The predicted octanol–water partition coefficient (Wildman–Crippen LogP) is 6.08. The quantitative estimate of drug-likeness (QED) is 0.344. The van der Waals surface area contributed by atoms with E-state index >= 15 is 0 Å². The van der Waals surface area contributed by atoms with Crippen LogP contribution in [0, 0.1) is 5.82 Å². The Kier molecular flexibility index (Phi) is 9.84. The molecule has 4 amide bonds. The fourth-order valence-corrected chi connectivity index (χ4v) is 6.72. The number of likely N-dealkylation sites (tertiary alicyclic amines) is 1. The van der Waals surface area contributed by atoms with Gasteiger partial charge in [-0.15, -0.1) is 0 Å². The van der Waals surface area contributed by atoms with Crippen molar-refractivity contribution in [3.63, 3.8) is 0 Å². The van der Waals surface area contributed by atoms with Gasteiger partial charge < -0.3 is 29.7 Å². The number of carbonyl (C=O) groups excluding carboxylic acids is 3. The molecule has 0 aliphatic carbocycles. The molecule has 1 N–H and O–H groups in total.